The summed E-state index contributed by atoms with van der Waals surface area (Å²) in [5.41, 5.74) is 0. The predicted molar refractivity (Wildman–Crippen MR) is 79.4 cm³/mol. The Morgan fingerprint density at radius 2 is 2.38 bits per heavy atom. The highest BCUT2D eigenvalue weighted by atomic mass is 35.5. The van der Waals surface area contributed by atoms with E-state index in [1.807, 2.05) is 12.1 Å². The largest absolute Gasteiger partial charge is 0.484 e. The van der Waals surface area contributed by atoms with E-state index in [-0.39, 0.29) is 6.61 Å². The van der Waals surface area contributed by atoms with Crippen molar-refractivity contribution in [1.29, 1.82) is 0 Å². The number of aromatic nitrogens is 2. The SMILES string of the molecule is Clc1cccc(OCc2nc(CC3CCCNC3)no2)c1. The summed E-state index contributed by atoms with van der Waals surface area (Å²) < 4.78 is 10.8. The lowest BCUT2D eigenvalue weighted by molar-refractivity contribution is 0.242. The number of ether oxygens (including phenoxy) is 1. The maximum atomic E-state index is 5.90. The predicted octanol–water partition coefficient (Wildman–Crippen LogP) is 2.84. The van der Waals surface area contributed by atoms with Crippen LogP contribution in [0, 0.1) is 5.92 Å². The van der Waals surface area contributed by atoms with Crippen molar-refractivity contribution in [2.24, 2.45) is 5.92 Å². The third-order valence-corrected chi connectivity index (χ3v) is 3.77. The molecule has 1 aliphatic heterocycles. The van der Waals surface area contributed by atoms with Crippen LogP contribution in [0.2, 0.25) is 5.02 Å². The summed E-state index contributed by atoms with van der Waals surface area (Å²) in [5, 5.41) is 8.05. The van der Waals surface area contributed by atoms with Gasteiger partial charge in [0.25, 0.3) is 5.89 Å². The van der Waals surface area contributed by atoms with Crippen molar-refractivity contribution >= 4 is 11.6 Å². The van der Waals surface area contributed by atoms with Gasteiger partial charge in [-0.2, -0.15) is 4.98 Å². The van der Waals surface area contributed by atoms with E-state index in [1.165, 1.54) is 12.8 Å². The molecular formula is C15H18ClN3O2. The molecule has 2 heterocycles. The van der Waals surface area contributed by atoms with Gasteiger partial charge in [-0.3, -0.25) is 0 Å². The van der Waals surface area contributed by atoms with Crippen molar-refractivity contribution in [2.45, 2.75) is 25.9 Å². The molecule has 0 saturated carbocycles. The van der Waals surface area contributed by atoms with Gasteiger partial charge >= 0.3 is 0 Å². The van der Waals surface area contributed by atoms with Crippen LogP contribution in [-0.2, 0) is 13.0 Å². The number of nitrogens with zero attached hydrogens (tertiary/aromatic N) is 2. The smallest absolute Gasteiger partial charge is 0.264 e. The molecule has 0 amide bonds. The molecule has 1 atom stereocenters. The van der Waals surface area contributed by atoms with Crippen LogP contribution in [0.3, 0.4) is 0 Å². The fraction of sp³-hybridized carbons (Fsp3) is 0.467. The number of nitrogens with one attached hydrogen (secondary N) is 1. The molecule has 0 radical (unpaired) electrons. The number of hydrogen-bond donors (Lipinski definition) is 1. The van der Waals surface area contributed by atoms with Gasteiger partial charge in [-0.1, -0.05) is 22.8 Å². The first-order chi connectivity index (χ1) is 10.3. The minimum atomic E-state index is 0.260. The van der Waals surface area contributed by atoms with Gasteiger partial charge in [0.2, 0.25) is 0 Å². The number of benzene rings is 1. The van der Waals surface area contributed by atoms with Crippen LogP contribution in [0.5, 0.6) is 5.75 Å². The molecule has 2 aromatic rings. The van der Waals surface area contributed by atoms with Gasteiger partial charge in [0.05, 0.1) is 0 Å². The van der Waals surface area contributed by atoms with Gasteiger partial charge < -0.3 is 14.6 Å². The molecule has 5 nitrogen and oxygen atoms in total. The molecule has 0 bridgehead atoms. The molecule has 1 aliphatic rings. The lowest BCUT2D eigenvalue weighted by Gasteiger charge is -2.20. The fourth-order valence-electron chi connectivity index (χ4n) is 2.49. The van der Waals surface area contributed by atoms with Gasteiger partial charge in [0.1, 0.15) is 5.75 Å². The second-order valence-corrected chi connectivity index (χ2v) is 5.70. The Bertz CT molecular complexity index is 582. The number of halogens is 1. The second-order valence-electron chi connectivity index (χ2n) is 5.27. The molecule has 3 rings (SSSR count). The van der Waals surface area contributed by atoms with Crippen molar-refractivity contribution in [1.82, 2.24) is 15.5 Å². The zero-order chi connectivity index (χ0) is 14.5. The molecule has 0 aliphatic carbocycles. The quantitative estimate of drug-likeness (QED) is 0.920. The first kappa shape index (κ1) is 14.4. The Morgan fingerprint density at radius 3 is 3.19 bits per heavy atom. The molecule has 1 fully saturated rings. The van der Waals surface area contributed by atoms with Gasteiger partial charge in [0, 0.05) is 11.4 Å². The molecule has 1 N–H and O–H groups in total. The minimum Gasteiger partial charge on any atom is -0.484 e. The third kappa shape index (κ3) is 4.19. The third-order valence-electron chi connectivity index (χ3n) is 3.54. The molecule has 1 unspecified atom stereocenters. The number of rotatable bonds is 5. The summed E-state index contributed by atoms with van der Waals surface area (Å²) in [6.45, 7) is 2.40. The molecule has 1 saturated heterocycles. The first-order valence-corrected chi connectivity index (χ1v) is 7.58. The van der Waals surface area contributed by atoms with Crippen LogP contribution < -0.4 is 10.1 Å². The van der Waals surface area contributed by atoms with Crippen LogP contribution >= 0.6 is 11.6 Å². The Balaban J connectivity index is 1.52. The normalized spacial score (nSPS) is 18.6. The molecule has 6 heteroatoms. The summed E-state index contributed by atoms with van der Waals surface area (Å²) >= 11 is 5.90. The zero-order valence-corrected chi connectivity index (χ0v) is 12.5. The molecule has 0 spiro atoms. The maximum absolute atomic E-state index is 5.90. The van der Waals surface area contributed by atoms with E-state index in [0.717, 1.165) is 25.3 Å². The molecule has 1 aromatic carbocycles. The average Bonchev–Trinajstić information content (AvgIpc) is 2.94. The maximum Gasteiger partial charge on any atom is 0.264 e. The molecular weight excluding hydrogens is 290 g/mol. The molecule has 112 valence electrons. The number of hydrogen-bond acceptors (Lipinski definition) is 5. The monoisotopic (exact) mass is 307 g/mol. The van der Waals surface area contributed by atoms with E-state index in [1.54, 1.807) is 12.1 Å². The Morgan fingerprint density at radius 1 is 1.43 bits per heavy atom. The zero-order valence-electron chi connectivity index (χ0n) is 11.7. The Kier molecular flexibility index (Phi) is 4.72. The van der Waals surface area contributed by atoms with E-state index in [2.05, 4.69) is 15.5 Å². The van der Waals surface area contributed by atoms with E-state index >= 15 is 0 Å². The highest BCUT2D eigenvalue weighted by Gasteiger charge is 2.17. The summed E-state index contributed by atoms with van der Waals surface area (Å²) in [6, 6.07) is 7.24. The van der Waals surface area contributed by atoms with Crippen LogP contribution in [0.25, 0.3) is 0 Å². The van der Waals surface area contributed by atoms with Crippen LogP contribution in [0.4, 0.5) is 0 Å². The highest BCUT2D eigenvalue weighted by Crippen LogP contribution is 2.19. The van der Waals surface area contributed by atoms with E-state index < -0.39 is 0 Å². The van der Waals surface area contributed by atoms with E-state index in [9.17, 15) is 0 Å². The molecule has 1 aromatic heterocycles. The molecule has 21 heavy (non-hydrogen) atoms. The van der Waals surface area contributed by atoms with Crippen molar-refractivity contribution in [3.63, 3.8) is 0 Å². The Hall–Kier alpha value is -1.59. The lowest BCUT2D eigenvalue weighted by Crippen LogP contribution is -2.31. The standard InChI is InChI=1S/C15H18ClN3O2/c16-12-4-1-5-13(8-12)20-10-15-18-14(19-21-15)7-11-3-2-6-17-9-11/h1,4-5,8,11,17H,2-3,6-7,9-10H2. The summed E-state index contributed by atoms with van der Waals surface area (Å²) in [5.74, 6) is 2.54. The van der Waals surface area contributed by atoms with Crippen LogP contribution in [-0.4, -0.2) is 23.2 Å². The lowest BCUT2D eigenvalue weighted by atomic mass is 9.96. The summed E-state index contributed by atoms with van der Waals surface area (Å²) in [6.07, 6.45) is 3.29. The van der Waals surface area contributed by atoms with E-state index in [4.69, 9.17) is 20.9 Å². The topological polar surface area (TPSA) is 60.2 Å². The van der Waals surface area contributed by atoms with Gasteiger partial charge in [0.15, 0.2) is 12.4 Å². The number of piperidine rings is 1. The highest BCUT2D eigenvalue weighted by molar-refractivity contribution is 6.30. The van der Waals surface area contributed by atoms with Gasteiger partial charge in [-0.25, -0.2) is 0 Å². The fourth-order valence-corrected chi connectivity index (χ4v) is 2.67. The first-order valence-electron chi connectivity index (χ1n) is 7.20. The van der Waals surface area contributed by atoms with Crippen LogP contribution in [0.1, 0.15) is 24.6 Å². The van der Waals surface area contributed by atoms with Crippen molar-refractivity contribution in [2.75, 3.05) is 13.1 Å². The average molecular weight is 308 g/mol. The van der Waals surface area contributed by atoms with Gasteiger partial charge in [-0.05, 0) is 50.0 Å². The summed E-state index contributed by atoms with van der Waals surface area (Å²) in [7, 11) is 0. The minimum absolute atomic E-state index is 0.260. The summed E-state index contributed by atoms with van der Waals surface area (Å²) in [4.78, 5) is 4.38. The van der Waals surface area contributed by atoms with Crippen LogP contribution in [0.15, 0.2) is 28.8 Å². The van der Waals surface area contributed by atoms with Crippen molar-refractivity contribution in [3.05, 3.63) is 41.0 Å². The Labute approximate surface area is 128 Å². The van der Waals surface area contributed by atoms with E-state index in [0.29, 0.717) is 22.6 Å². The van der Waals surface area contributed by atoms with Gasteiger partial charge in [-0.15, -0.1) is 0 Å². The van der Waals surface area contributed by atoms with Crippen molar-refractivity contribution < 1.29 is 9.26 Å². The van der Waals surface area contributed by atoms with Crippen molar-refractivity contribution in [3.8, 4) is 5.75 Å². The second kappa shape index (κ2) is 6.91.